The summed E-state index contributed by atoms with van der Waals surface area (Å²) in [5.74, 6) is 0.805. The normalized spacial score (nSPS) is 25.1. The van der Waals surface area contributed by atoms with Crippen LogP contribution in [0.5, 0.6) is 0 Å². The van der Waals surface area contributed by atoms with Gasteiger partial charge in [0.1, 0.15) is 0 Å². The number of aromatic nitrogens is 2. The van der Waals surface area contributed by atoms with Gasteiger partial charge < -0.3 is 9.88 Å². The molecule has 1 saturated carbocycles. The number of nitrogens with zero attached hydrogens (tertiary/aromatic N) is 2. The van der Waals surface area contributed by atoms with E-state index in [1.54, 1.807) is 0 Å². The van der Waals surface area contributed by atoms with Crippen LogP contribution in [0.3, 0.4) is 0 Å². The minimum Gasteiger partial charge on any atom is -0.330 e. The molecule has 1 fully saturated rings. The number of nitrogens with one attached hydrogen (secondary N) is 1. The number of hydrogen-bond donors (Lipinski definition) is 1. The third-order valence-electron chi connectivity index (χ3n) is 3.65. The maximum Gasteiger partial charge on any atom is 0.0951 e. The first kappa shape index (κ1) is 11.6. The molecule has 1 aromatic heterocycles. The standard InChI is InChI=1S/C13H23N3/c1-3-7-14-8-12-9-15-10-16(12)13-6-4-5-11(13)2/h9-11,13-14H,3-8H2,1-2H3. The lowest BCUT2D eigenvalue weighted by Gasteiger charge is -2.20. The number of hydrogen-bond acceptors (Lipinski definition) is 2. The quantitative estimate of drug-likeness (QED) is 0.775. The van der Waals surface area contributed by atoms with Crippen molar-refractivity contribution in [2.24, 2.45) is 5.92 Å². The van der Waals surface area contributed by atoms with Gasteiger partial charge in [-0.1, -0.05) is 20.3 Å². The first-order valence-corrected chi connectivity index (χ1v) is 6.54. The van der Waals surface area contributed by atoms with Crippen LogP contribution < -0.4 is 5.32 Å². The zero-order valence-corrected chi connectivity index (χ0v) is 10.4. The zero-order chi connectivity index (χ0) is 11.4. The molecule has 0 bridgehead atoms. The van der Waals surface area contributed by atoms with Gasteiger partial charge >= 0.3 is 0 Å². The third-order valence-corrected chi connectivity index (χ3v) is 3.65. The van der Waals surface area contributed by atoms with Gasteiger partial charge in [-0.2, -0.15) is 0 Å². The average Bonchev–Trinajstić information content (AvgIpc) is 2.87. The molecule has 3 heteroatoms. The predicted molar refractivity (Wildman–Crippen MR) is 66.3 cm³/mol. The van der Waals surface area contributed by atoms with E-state index in [0.717, 1.165) is 19.0 Å². The number of rotatable bonds is 5. The molecule has 0 spiro atoms. The first-order chi connectivity index (χ1) is 7.83. The highest BCUT2D eigenvalue weighted by Gasteiger charge is 2.25. The fourth-order valence-corrected chi connectivity index (χ4v) is 2.70. The van der Waals surface area contributed by atoms with E-state index in [4.69, 9.17) is 0 Å². The summed E-state index contributed by atoms with van der Waals surface area (Å²) in [5, 5.41) is 3.46. The molecule has 1 heterocycles. The Labute approximate surface area is 98.3 Å². The average molecular weight is 221 g/mol. The first-order valence-electron chi connectivity index (χ1n) is 6.54. The van der Waals surface area contributed by atoms with E-state index in [9.17, 15) is 0 Å². The molecular weight excluding hydrogens is 198 g/mol. The summed E-state index contributed by atoms with van der Waals surface area (Å²) in [6.45, 7) is 6.60. The van der Waals surface area contributed by atoms with Crippen LogP contribution in [0.1, 0.15) is 51.3 Å². The van der Waals surface area contributed by atoms with Gasteiger partial charge in [-0.05, 0) is 31.7 Å². The largest absolute Gasteiger partial charge is 0.330 e. The molecule has 1 N–H and O–H groups in total. The summed E-state index contributed by atoms with van der Waals surface area (Å²) in [7, 11) is 0. The van der Waals surface area contributed by atoms with Crippen LogP contribution in [0, 0.1) is 5.92 Å². The topological polar surface area (TPSA) is 29.9 Å². The molecule has 90 valence electrons. The van der Waals surface area contributed by atoms with Gasteiger partial charge in [0.2, 0.25) is 0 Å². The Morgan fingerprint density at radius 2 is 2.38 bits per heavy atom. The maximum atomic E-state index is 4.30. The van der Waals surface area contributed by atoms with Gasteiger partial charge in [-0.25, -0.2) is 4.98 Å². The van der Waals surface area contributed by atoms with E-state index in [0.29, 0.717) is 6.04 Å². The Morgan fingerprint density at radius 3 is 3.06 bits per heavy atom. The van der Waals surface area contributed by atoms with E-state index < -0.39 is 0 Å². The molecule has 2 atom stereocenters. The van der Waals surface area contributed by atoms with E-state index in [1.807, 2.05) is 12.5 Å². The van der Waals surface area contributed by atoms with Crippen LogP contribution in [-0.2, 0) is 6.54 Å². The van der Waals surface area contributed by atoms with E-state index in [-0.39, 0.29) is 0 Å². The van der Waals surface area contributed by atoms with Crippen molar-refractivity contribution < 1.29 is 0 Å². The molecule has 0 radical (unpaired) electrons. The monoisotopic (exact) mass is 221 g/mol. The predicted octanol–water partition coefficient (Wildman–Crippen LogP) is 2.74. The van der Waals surface area contributed by atoms with Crippen molar-refractivity contribution in [1.82, 2.24) is 14.9 Å². The Bertz CT molecular complexity index is 319. The van der Waals surface area contributed by atoms with Crippen LogP contribution in [0.15, 0.2) is 12.5 Å². The highest BCUT2D eigenvalue weighted by molar-refractivity contribution is 5.02. The van der Waals surface area contributed by atoms with E-state index >= 15 is 0 Å². The van der Waals surface area contributed by atoms with Crippen LogP contribution in [0.25, 0.3) is 0 Å². The van der Waals surface area contributed by atoms with Crippen molar-refractivity contribution >= 4 is 0 Å². The van der Waals surface area contributed by atoms with Gasteiger partial charge in [-0.15, -0.1) is 0 Å². The van der Waals surface area contributed by atoms with Gasteiger partial charge in [0.15, 0.2) is 0 Å². The van der Waals surface area contributed by atoms with Crippen LogP contribution in [0.2, 0.25) is 0 Å². The lowest BCUT2D eigenvalue weighted by atomic mass is 10.1. The van der Waals surface area contributed by atoms with Crippen molar-refractivity contribution in [2.45, 2.75) is 52.1 Å². The fraction of sp³-hybridized carbons (Fsp3) is 0.769. The Hall–Kier alpha value is -0.830. The van der Waals surface area contributed by atoms with Crippen molar-refractivity contribution in [3.8, 4) is 0 Å². The smallest absolute Gasteiger partial charge is 0.0951 e. The van der Waals surface area contributed by atoms with Gasteiger partial charge in [-0.3, -0.25) is 0 Å². The minimum atomic E-state index is 0.681. The van der Waals surface area contributed by atoms with E-state index in [2.05, 4.69) is 28.7 Å². The highest BCUT2D eigenvalue weighted by atomic mass is 15.1. The Morgan fingerprint density at radius 1 is 1.50 bits per heavy atom. The SMILES string of the molecule is CCCNCc1cncn1C1CCCC1C. The summed E-state index contributed by atoms with van der Waals surface area (Å²) in [6.07, 6.45) is 9.26. The van der Waals surface area contributed by atoms with Gasteiger partial charge in [0.05, 0.1) is 12.0 Å². The van der Waals surface area contributed by atoms with Crippen molar-refractivity contribution in [2.75, 3.05) is 6.54 Å². The molecule has 3 nitrogen and oxygen atoms in total. The second kappa shape index (κ2) is 5.48. The van der Waals surface area contributed by atoms with Crippen LogP contribution in [0.4, 0.5) is 0 Å². The minimum absolute atomic E-state index is 0.681. The maximum absolute atomic E-state index is 4.30. The summed E-state index contributed by atoms with van der Waals surface area (Å²) in [5.41, 5.74) is 1.34. The molecule has 1 aliphatic rings. The van der Waals surface area contributed by atoms with Gasteiger partial charge in [0, 0.05) is 18.8 Å². The molecular formula is C13H23N3. The van der Waals surface area contributed by atoms with Crippen molar-refractivity contribution in [3.05, 3.63) is 18.2 Å². The zero-order valence-electron chi connectivity index (χ0n) is 10.4. The van der Waals surface area contributed by atoms with Gasteiger partial charge in [0.25, 0.3) is 0 Å². The second-order valence-corrected chi connectivity index (χ2v) is 4.94. The van der Waals surface area contributed by atoms with Crippen molar-refractivity contribution in [3.63, 3.8) is 0 Å². The van der Waals surface area contributed by atoms with Crippen LogP contribution >= 0.6 is 0 Å². The molecule has 1 aromatic rings. The molecule has 2 rings (SSSR count). The molecule has 2 unspecified atom stereocenters. The highest BCUT2D eigenvalue weighted by Crippen LogP contribution is 2.35. The molecule has 0 amide bonds. The van der Waals surface area contributed by atoms with E-state index in [1.165, 1.54) is 31.4 Å². The summed E-state index contributed by atoms with van der Waals surface area (Å²) in [6, 6.07) is 0.681. The Kier molecular flexibility index (Phi) is 3.99. The lowest BCUT2D eigenvalue weighted by Crippen LogP contribution is -2.20. The number of imidazole rings is 1. The molecule has 16 heavy (non-hydrogen) atoms. The molecule has 1 aliphatic carbocycles. The Balaban J connectivity index is 2.00. The summed E-state index contributed by atoms with van der Waals surface area (Å²) < 4.78 is 2.39. The van der Waals surface area contributed by atoms with Crippen molar-refractivity contribution in [1.29, 1.82) is 0 Å². The molecule has 0 aliphatic heterocycles. The fourth-order valence-electron chi connectivity index (χ4n) is 2.70. The summed E-state index contributed by atoms with van der Waals surface area (Å²) in [4.78, 5) is 4.30. The molecule has 0 saturated heterocycles. The lowest BCUT2D eigenvalue weighted by molar-refractivity contribution is 0.394. The third kappa shape index (κ3) is 2.46. The second-order valence-electron chi connectivity index (χ2n) is 4.94. The van der Waals surface area contributed by atoms with Crippen LogP contribution in [-0.4, -0.2) is 16.1 Å². The summed E-state index contributed by atoms with van der Waals surface area (Å²) >= 11 is 0. The molecule has 0 aromatic carbocycles.